The number of hydrogen-bond donors (Lipinski definition) is 0. The molecule has 0 aliphatic heterocycles. The molecule has 0 bridgehead atoms. The summed E-state index contributed by atoms with van der Waals surface area (Å²) in [6.07, 6.45) is -5.16. The topological polar surface area (TPSA) is 0 Å². The van der Waals surface area contributed by atoms with Crippen molar-refractivity contribution >= 4 is 11.8 Å². The van der Waals surface area contributed by atoms with E-state index in [1.807, 2.05) is 0 Å². The van der Waals surface area contributed by atoms with E-state index in [4.69, 9.17) is 0 Å². The van der Waals surface area contributed by atoms with Gasteiger partial charge in [0.1, 0.15) is 11.9 Å². The highest BCUT2D eigenvalue weighted by atomic mass is 32.2. The number of alkyl halides is 7. The Bertz CT molecular complexity index is 135. The number of thioether (sulfide) groups is 1. The van der Waals surface area contributed by atoms with Crippen LogP contribution in [0.25, 0.3) is 0 Å². The van der Waals surface area contributed by atoms with Gasteiger partial charge in [0.25, 0.3) is 0 Å². The quantitative estimate of drug-likeness (QED) is 0.639. The normalized spacial score (nSPS) is 16.2. The summed E-state index contributed by atoms with van der Waals surface area (Å²) in [6, 6.07) is 0. The highest BCUT2D eigenvalue weighted by Gasteiger charge is 2.47. The molecule has 0 heterocycles. The SMILES string of the molecule is FCC(SC(F)(F)F)C(F)(F)F. The van der Waals surface area contributed by atoms with E-state index in [1.165, 1.54) is 0 Å². The molecular weight excluding hydrogens is 213 g/mol. The minimum atomic E-state index is -5.16. The average Bonchev–Trinajstić information content (AvgIpc) is 1.78. The van der Waals surface area contributed by atoms with Gasteiger partial charge in [-0.3, -0.25) is 0 Å². The summed E-state index contributed by atoms with van der Waals surface area (Å²) in [4.78, 5) is 0. The third-order valence-electron chi connectivity index (χ3n) is 0.781. The fraction of sp³-hybridized carbons (Fsp3) is 1.00. The van der Waals surface area contributed by atoms with E-state index in [9.17, 15) is 30.7 Å². The minimum Gasteiger partial charge on any atom is -0.250 e. The van der Waals surface area contributed by atoms with Gasteiger partial charge in [0, 0.05) is 0 Å². The van der Waals surface area contributed by atoms with Crippen molar-refractivity contribution in [3.05, 3.63) is 0 Å². The zero-order chi connectivity index (χ0) is 9.99. The van der Waals surface area contributed by atoms with E-state index in [2.05, 4.69) is 0 Å². The Morgan fingerprint density at radius 2 is 1.42 bits per heavy atom. The van der Waals surface area contributed by atoms with E-state index in [0.29, 0.717) is 0 Å². The van der Waals surface area contributed by atoms with Crippen molar-refractivity contribution in [2.75, 3.05) is 6.67 Å². The van der Waals surface area contributed by atoms with Crippen LogP contribution in [-0.2, 0) is 0 Å². The predicted molar refractivity (Wildman–Crippen MR) is 29.5 cm³/mol. The first-order valence-electron chi connectivity index (χ1n) is 2.54. The van der Waals surface area contributed by atoms with Crippen LogP contribution >= 0.6 is 11.8 Å². The summed E-state index contributed by atoms with van der Waals surface area (Å²) < 4.78 is 79.9. The fourth-order valence-electron chi connectivity index (χ4n) is 0.347. The van der Waals surface area contributed by atoms with Crippen LogP contribution in [0.2, 0.25) is 0 Å². The lowest BCUT2D eigenvalue weighted by atomic mass is 10.4. The van der Waals surface area contributed by atoms with Crippen molar-refractivity contribution < 1.29 is 30.7 Å². The number of hydrogen-bond acceptors (Lipinski definition) is 1. The molecule has 0 amide bonds. The lowest BCUT2D eigenvalue weighted by Gasteiger charge is -2.17. The van der Waals surface area contributed by atoms with Crippen LogP contribution < -0.4 is 0 Å². The molecule has 1 unspecified atom stereocenters. The van der Waals surface area contributed by atoms with Gasteiger partial charge in [0.15, 0.2) is 0 Å². The Kier molecular flexibility index (Phi) is 3.67. The zero-order valence-electron chi connectivity index (χ0n) is 5.34. The largest absolute Gasteiger partial charge is 0.442 e. The van der Waals surface area contributed by atoms with Crippen LogP contribution in [0.3, 0.4) is 0 Å². The van der Waals surface area contributed by atoms with Gasteiger partial charge in [0.2, 0.25) is 0 Å². The smallest absolute Gasteiger partial charge is 0.250 e. The summed E-state index contributed by atoms with van der Waals surface area (Å²) in [5, 5.41) is -3.02. The molecule has 1 atom stereocenters. The summed E-state index contributed by atoms with van der Waals surface area (Å²) in [6.45, 7) is -2.08. The van der Waals surface area contributed by atoms with Crippen LogP contribution in [0.5, 0.6) is 0 Å². The highest BCUT2D eigenvalue weighted by Crippen LogP contribution is 2.40. The van der Waals surface area contributed by atoms with Crippen LogP contribution in [0.15, 0.2) is 0 Å². The van der Waals surface area contributed by atoms with E-state index < -0.39 is 35.4 Å². The maximum Gasteiger partial charge on any atom is 0.442 e. The first kappa shape index (κ1) is 11.9. The highest BCUT2D eigenvalue weighted by molar-refractivity contribution is 8.00. The van der Waals surface area contributed by atoms with Gasteiger partial charge in [0.05, 0.1) is 0 Å². The molecule has 0 aliphatic carbocycles. The second-order valence-corrected chi connectivity index (χ2v) is 3.02. The van der Waals surface area contributed by atoms with Crippen molar-refractivity contribution in [2.24, 2.45) is 0 Å². The first-order chi connectivity index (χ1) is 5.17. The van der Waals surface area contributed by atoms with E-state index in [-0.39, 0.29) is 0 Å². The predicted octanol–water partition coefficient (Wildman–Crippen LogP) is 3.14. The molecule has 74 valence electrons. The monoisotopic (exact) mass is 216 g/mol. The molecule has 0 saturated carbocycles. The van der Waals surface area contributed by atoms with Gasteiger partial charge >= 0.3 is 11.7 Å². The Hall–Kier alpha value is -0.140. The molecule has 0 radical (unpaired) electrons. The van der Waals surface area contributed by atoms with Crippen LogP contribution in [0.4, 0.5) is 30.7 Å². The Labute approximate surface area is 67.1 Å². The maximum absolute atomic E-state index is 11.5. The van der Waals surface area contributed by atoms with E-state index in [1.54, 1.807) is 0 Å². The molecule has 0 fully saturated rings. The maximum atomic E-state index is 11.5. The Morgan fingerprint density at radius 1 is 1.00 bits per heavy atom. The Morgan fingerprint density at radius 3 is 1.50 bits per heavy atom. The van der Waals surface area contributed by atoms with Crippen LogP contribution in [-0.4, -0.2) is 23.6 Å². The van der Waals surface area contributed by atoms with Gasteiger partial charge < -0.3 is 0 Å². The molecule has 8 heteroatoms. The summed E-state index contributed by atoms with van der Waals surface area (Å²) >= 11 is -1.39. The van der Waals surface area contributed by atoms with Crippen LogP contribution in [0.1, 0.15) is 0 Å². The average molecular weight is 216 g/mol. The summed E-state index contributed by atoms with van der Waals surface area (Å²) in [5.41, 5.74) is -5.06. The molecule has 0 nitrogen and oxygen atoms in total. The van der Waals surface area contributed by atoms with Gasteiger partial charge in [-0.15, -0.1) is 0 Å². The van der Waals surface area contributed by atoms with Crippen molar-refractivity contribution in [3.63, 3.8) is 0 Å². The molecule has 0 saturated heterocycles. The fourth-order valence-corrected chi connectivity index (χ4v) is 0.866. The first-order valence-corrected chi connectivity index (χ1v) is 3.42. The number of rotatable bonds is 2. The van der Waals surface area contributed by atoms with E-state index in [0.717, 1.165) is 0 Å². The van der Waals surface area contributed by atoms with Crippen molar-refractivity contribution in [2.45, 2.75) is 16.9 Å². The van der Waals surface area contributed by atoms with Crippen molar-refractivity contribution in [3.8, 4) is 0 Å². The molecule has 0 N–H and O–H groups in total. The molecule has 0 rings (SSSR count). The second-order valence-electron chi connectivity index (χ2n) is 1.75. The van der Waals surface area contributed by atoms with Gasteiger partial charge in [-0.25, -0.2) is 4.39 Å². The van der Waals surface area contributed by atoms with Gasteiger partial charge in [-0.1, -0.05) is 0 Å². The van der Waals surface area contributed by atoms with Gasteiger partial charge in [-0.2, -0.15) is 26.3 Å². The molecular formula is C4H3F7S. The lowest BCUT2D eigenvalue weighted by Crippen LogP contribution is -2.30. The van der Waals surface area contributed by atoms with Crippen molar-refractivity contribution in [1.29, 1.82) is 0 Å². The van der Waals surface area contributed by atoms with Crippen LogP contribution in [0, 0.1) is 0 Å². The molecule has 0 aromatic rings. The summed E-state index contributed by atoms with van der Waals surface area (Å²) in [7, 11) is 0. The van der Waals surface area contributed by atoms with Crippen molar-refractivity contribution in [1.82, 2.24) is 0 Å². The third-order valence-corrected chi connectivity index (χ3v) is 1.73. The van der Waals surface area contributed by atoms with E-state index >= 15 is 0 Å². The Balaban J connectivity index is 4.20. The molecule has 0 spiro atoms. The molecule has 12 heavy (non-hydrogen) atoms. The zero-order valence-corrected chi connectivity index (χ0v) is 6.15. The molecule has 0 aromatic carbocycles. The molecule has 0 aromatic heterocycles. The molecule has 0 aliphatic rings. The lowest BCUT2D eigenvalue weighted by molar-refractivity contribution is -0.134. The third kappa shape index (κ3) is 4.68. The summed E-state index contributed by atoms with van der Waals surface area (Å²) in [5.74, 6) is 0. The number of halogens is 7. The standard InChI is InChI=1S/C4H3F7S/c5-1-2(3(6,7)8)12-4(9,10)11/h2H,1H2. The second kappa shape index (κ2) is 3.71. The minimum absolute atomic E-state index is 1.39. The van der Waals surface area contributed by atoms with Gasteiger partial charge in [-0.05, 0) is 11.8 Å².